The van der Waals surface area contributed by atoms with Crippen LogP contribution in [0.4, 0.5) is 13.2 Å². The molecule has 0 aliphatic heterocycles. The first-order valence-corrected chi connectivity index (χ1v) is 15.6. The van der Waals surface area contributed by atoms with Crippen LogP contribution < -0.4 is 16.0 Å². The minimum Gasteiger partial charge on any atom is -0.352 e. The highest BCUT2D eigenvalue weighted by molar-refractivity contribution is 6.03. The zero-order chi connectivity index (χ0) is 36.4. The van der Waals surface area contributed by atoms with Gasteiger partial charge in [0.1, 0.15) is 0 Å². The van der Waals surface area contributed by atoms with Gasteiger partial charge in [-0.15, -0.1) is 0 Å². The fourth-order valence-corrected chi connectivity index (χ4v) is 5.46. The highest BCUT2D eigenvalue weighted by Gasteiger charge is 2.33. The van der Waals surface area contributed by atoms with Gasteiger partial charge in [-0.25, -0.2) is 0 Å². The van der Waals surface area contributed by atoms with Crippen LogP contribution in [-0.4, -0.2) is 47.4 Å². The largest absolute Gasteiger partial charge is 0.416 e. The van der Waals surface area contributed by atoms with Gasteiger partial charge in [-0.1, -0.05) is 54.6 Å². The standard InChI is InChI=1S/C37H35F3N4O6/c1-23-16-28(13-14-30(23)36(50)44(22-46)24(2)10-15-33(47)43-21-45)35(49)42-19-25-11-12-29(32(17-25)37(38,39)40)20-41-34(48)18-27-8-5-7-26-6-3-4-9-31(26)27/h3-9,11-14,16-17,21-22,24H,10,15,18-20H2,1-2H3,(H,41,48)(H,42,49)(H,43,45,47). The predicted octanol–water partition coefficient (Wildman–Crippen LogP) is 5.00. The molecule has 1 atom stereocenters. The number of hydrogen-bond donors (Lipinski definition) is 3. The van der Waals surface area contributed by atoms with E-state index in [4.69, 9.17) is 0 Å². The molecule has 0 heterocycles. The van der Waals surface area contributed by atoms with Crippen LogP contribution in [0.5, 0.6) is 0 Å². The van der Waals surface area contributed by atoms with Crippen molar-refractivity contribution in [3.63, 3.8) is 0 Å². The van der Waals surface area contributed by atoms with Gasteiger partial charge < -0.3 is 10.6 Å². The second-order valence-electron chi connectivity index (χ2n) is 11.7. The van der Waals surface area contributed by atoms with E-state index in [-0.39, 0.29) is 61.0 Å². The second-order valence-corrected chi connectivity index (χ2v) is 11.7. The zero-order valence-corrected chi connectivity index (χ0v) is 27.3. The number of benzene rings is 4. The number of fused-ring (bicyclic) bond motifs is 1. The molecule has 0 aliphatic carbocycles. The summed E-state index contributed by atoms with van der Waals surface area (Å²) in [5, 5.41) is 8.99. The fraction of sp³-hybridized carbons (Fsp3) is 0.243. The van der Waals surface area contributed by atoms with Gasteiger partial charge in [0.2, 0.25) is 24.6 Å². The quantitative estimate of drug-likeness (QED) is 0.159. The Balaban J connectivity index is 1.38. The van der Waals surface area contributed by atoms with Crippen LogP contribution in [0.25, 0.3) is 10.8 Å². The van der Waals surface area contributed by atoms with Gasteiger partial charge in [0.15, 0.2) is 0 Å². The monoisotopic (exact) mass is 688 g/mol. The summed E-state index contributed by atoms with van der Waals surface area (Å²) in [6, 6.07) is 20.1. The van der Waals surface area contributed by atoms with Gasteiger partial charge in [-0.3, -0.25) is 39.0 Å². The molecule has 4 aromatic carbocycles. The van der Waals surface area contributed by atoms with Gasteiger partial charge in [-0.2, -0.15) is 13.2 Å². The number of amides is 6. The van der Waals surface area contributed by atoms with Crippen molar-refractivity contribution < 1.29 is 41.9 Å². The lowest BCUT2D eigenvalue weighted by atomic mass is 10.0. The molecule has 13 heteroatoms. The molecule has 10 nitrogen and oxygen atoms in total. The van der Waals surface area contributed by atoms with Crippen LogP contribution in [-0.2, 0) is 44.9 Å². The highest BCUT2D eigenvalue weighted by atomic mass is 19.4. The fourth-order valence-electron chi connectivity index (χ4n) is 5.46. The maximum absolute atomic E-state index is 14.0. The molecule has 0 fully saturated rings. The van der Waals surface area contributed by atoms with Gasteiger partial charge in [0.25, 0.3) is 11.8 Å². The Labute approximate surface area is 286 Å². The average Bonchev–Trinajstić information content (AvgIpc) is 3.09. The molecule has 0 saturated carbocycles. The molecule has 0 aliphatic rings. The number of rotatable bonds is 14. The van der Waals surface area contributed by atoms with Crippen molar-refractivity contribution in [2.45, 2.75) is 58.4 Å². The van der Waals surface area contributed by atoms with E-state index in [1.807, 2.05) is 41.7 Å². The summed E-state index contributed by atoms with van der Waals surface area (Å²) < 4.78 is 42.1. The minimum absolute atomic E-state index is 0.000592. The predicted molar refractivity (Wildman–Crippen MR) is 178 cm³/mol. The summed E-state index contributed by atoms with van der Waals surface area (Å²) in [7, 11) is 0. The smallest absolute Gasteiger partial charge is 0.352 e. The first-order chi connectivity index (χ1) is 23.8. The first kappa shape index (κ1) is 37.0. The Bertz CT molecular complexity index is 1920. The van der Waals surface area contributed by atoms with Crippen LogP contribution in [0.3, 0.4) is 0 Å². The molecule has 3 N–H and O–H groups in total. The maximum atomic E-state index is 14.0. The van der Waals surface area contributed by atoms with Gasteiger partial charge in [-0.05, 0) is 77.6 Å². The Kier molecular flexibility index (Phi) is 12.2. The number of carbonyl (C=O) groups excluding carboxylic acids is 6. The maximum Gasteiger partial charge on any atom is 0.416 e. The van der Waals surface area contributed by atoms with Crippen LogP contribution in [0.2, 0.25) is 0 Å². The molecule has 4 aromatic rings. The van der Waals surface area contributed by atoms with Crippen LogP contribution in [0.1, 0.15) is 68.3 Å². The molecule has 4 rings (SSSR count). The molecule has 50 heavy (non-hydrogen) atoms. The summed E-state index contributed by atoms with van der Waals surface area (Å²) in [5.74, 6) is -2.24. The zero-order valence-electron chi connectivity index (χ0n) is 27.3. The molecule has 1 unspecified atom stereocenters. The summed E-state index contributed by atoms with van der Waals surface area (Å²) in [6.45, 7) is 2.55. The van der Waals surface area contributed by atoms with Crippen molar-refractivity contribution in [3.8, 4) is 0 Å². The van der Waals surface area contributed by atoms with Gasteiger partial charge >= 0.3 is 6.18 Å². The third-order valence-corrected chi connectivity index (χ3v) is 8.19. The van der Waals surface area contributed by atoms with E-state index in [0.717, 1.165) is 27.3 Å². The number of halogens is 3. The highest BCUT2D eigenvalue weighted by Crippen LogP contribution is 2.33. The third-order valence-electron chi connectivity index (χ3n) is 8.19. The summed E-state index contributed by atoms with van der Waals surface area (Å²) in [6.07, 6.45) is -4.12. The van der Waals surface area contributed by atoms with Gasteiger partial charge in [0, 0.05) is 36.7 Å². The number of alkyl halides is 3. The normalized spacial score (nSPS) is 11.7. The van der Waals surface area contributed by atoms with E-state index in [0.29, 0.717) is 12.0 Å². The molecule has 0 saturated heterocycles. The van der Waals surface area contributed by atoms with Gasteiger partial charge in [0.05, 0.1) is 12.0 Å². The van der Waals surface area contributed by atoms with Crippen LogP contribution in [0, 0.1) is 6.92 Å². The minimum atomic E-state index is -4.72. The molecular formula is C37H35F3N4O6. The average molecular weight is 689 g/mol. The van der Waals surface area contributed by atoms with Crippen molar-refractivity contribution in [1.82, 2.24) is 20.9 Å². The molecule has 0 bridgehead atoms. The van der Waals surface area contributed by atoms with Crippen molar-refractivity contribution in [1.29, 1.82) is 0 Å². The van der Waals surface area contributed by atoms with Crippen molar-refractivity contribution in [2.24, 2.45) is 0 Å². The molecule has 6 amide bonds. The SMILES string of the molecule is Cc1cc(C(=O)NCc2ccc(CNC(=O)Cc3cccc4ccccc34)c(C(F)(F)F)c2)ccc1C(=O)N(C=O)C(C)CCC(=O)NC=O. The first-order valence-electron chi connectivity index (χ1n) is 15.6. The lowest BCUT2D eigenvalue weighted by Gasteiger charge is -2.24. The van der Waals surface area contributed by atoms with Crippen molar-refractivity contribution >= 4 is 47.2 Å². The lowest BCUT2D eigenvalue weighted by molar-refractivity contribution is -0.138. The number of carbonyl (C=O) groups is 6. The Hall–Kier alpha value is -5.85. The number of nitrogens with zero attached hydrogens (tertiary/aromatic N) is 1. The number of aryl methyl sites for hydroxylation is 1. The topological polar surface area (TPSA) is 142 Å². The number of hydrogen-bond acceptors (Lipinski definition) is 6. The van der Waals surface area contributed by atoms with E-state index in [9.17, 15) is 41.9 Å². The summed E-state index contributed by atoms with van der Waals surface area (Å²) in [5.41, 5.74) is 0.504. The summed E-state index contributed by atoms with van der Waals surface area (Å²) in [4.78, 5) is 73.3. The lowest BCUT2D eigenvalue weighted by Crippen LogP contribution is -2.38. The van der Waals surface area contributed by atoms with E-state index in [1.165, 1.54) is 30.3 Å². The Morgan fingerprint density at radius 2 is 1.58 bits per heavy atom. The van der Waals surface area contributed by atoms with E-state index >= 15 is 0 Å². The molecule has 0 radical (unpaired) electrons. The molecular weight excluding hydrogens is 653 g/mol. The second kappa shape index (κ2) is 16.5. The number of nitrogens with one attached hydrogen (secondary N) is 3. The number of imide groups is 2. The van der Waals surface area contributed by atoms with Crippen LogP contribution in [0.15, 0.2) is 78.9 Å². The van der Waals surface area contributed by atoms with Crippen molar-refractivity contribution in [3.05, 3.63) is 118 Å². The third kappa shape index (κ3) is 9.40. The molecule has 260 valence electrons. The van der Waals surface area contributed by atoms with E-state index < -0.39 is 41.4 Å². The summed E-state index contributed by atoms with van der Waals surface area (Å²) >= 11 is 0. The molecule has 0 spiro atoms. The van der Waals surface area contributed by atoms with Crippen LogP contribution >= 0.6 is 0 Å². The Morgan fingerprint density at radius 3 is 2.28 bits per heavy atom. The Morgan fingerprint density at radius 1 is 0.840 bits per heavy atom. The van der Waals surface area contributed by atoms with E-state index in [2.05, 4.69) is 10.6 Å². The van der Waals surface area contributed by atoms with E-state index in [1.54, 1.807) is 19.9 Å². The van der Waals surface area contributed by atoms with Crippen molar-refractivity contribution in [2.75, 3.05) is 0 Å². The molecule has 0 aromatic heterocycles.